The maximum Gasteiger partial charge on any atom is 0.311 e. The highest BCUT2D eigenvalue weighted by Gasteiger charge is 2.42. The van der Waals surface area contributed by atoms with E-state index in [1.807, 2.05) is 49.9 Å². The summed E-state index contributed by atoms with van der Waals surface area (Å²) in [6.07, 6.45) is 3.71. The van der Waals surface area contributed by atoms with Crippen LogP contribution in [0.4, 0.5) is 10.1 Å². The first-order valence-electron chi connectivity index (χ1n) is 16.2. The van der Waals surface area contributed by atoms with Gasteiger partial charge in [-0.25, -0.2) is 13.9 Å². The molecular formula is C36H40FN5O3. The number of ether oxygens (including phenoxy) is 1. The van der Waals surface area contributed by atoms with Crippen molar-refractivity contribution in [3.05, 3.63) is 82.9 Å². The summed E-state index contributed by atoms with van der Waals surface area (Å²) in [5.74, 6) is -0.221. The summed E-state index contributed by atoms with van der Waals surface area (Å²) in [4.78, 5) is 35.2. The lowest BCUT2D eigenvalue weighted by molar-refractivity contribution is -0.156. The number of carbonyl (C=O) groups is 2. The molecule has 0 spiro atoms. The van der Waals surface area contributed by atoms with Crippen molar-refractivity contribution >= 4 is 23.2 Å². The minimum Gasteiger partial charge on any atom is -0.466 e. The van der Waals surface area contributed by atoms with Crippen LogP contribution in [0.1, 0.15) is 86.2 Å². The van der Waals surface area contributed by atoms with Crippen molar-refractivity contribution in [2.24, 2.45) is 11.3 Å². The van der Waals surface area contributed by atoms with Gasteiger partial charge >= 0.3 is 5.97 Å². The van der Waals surface area contributed by atoms with Crippen LogP contribution in [-0.2, 0) is 16.0 Å². The van der Waals surface area contributed by atoms with Crippen LogP contribution in [0.15, 0.2) is 54.6 Å². The molecule has 7 rings (SSSR count). The number of nitrogens with zero attached hydrogens (tertiary/aromatic N) is 5. The zero-order valence-electron chi connectivity index (χ0n) is 26.4. The second-order valence-electron chi connectivity index (χ2n) is 13.3. The first-order chi connectivity index (χ1) is 21.7. The summed E-state index contributed by atoms with van der Waals surface area (Å²) in [7, 11) is 0. The average molecular weight is 610 g/mol. The van der Waals surface area contributed by atoms with Crippen molar-refractivity contribution in [2.45, 2.75) is 65.3 Å². The van der Waals surface area contributed by atoms with Crippen LogP contribution >= 0.6 is 0 Å². The lowest BCUT2D eigenvalue weighted by atomic mass is 9.78. The molecule has 3 aliphatic rings. The summed E-state index contributed by atoms with van der Waals surface area (Å²) in [6, 6.07) is 17.2. The van der Waals surface area contributed by atoms with E-state index in [2.05, 4.69) is 24.0 Å². The van der Waals surface area contributed by atoms with Gasteiger partial charge in [0, 0.05) is 48.6 Å². The Morgan fingerprint density at radius 2 is 1.84 bits per heavy atom. The minimum absolute atomic E-state index is 0.0416. The highest BCUT2D eigenvalue weighted by molar-refractivity contribution is 5.93. The molecule has 1 saturated heterocycles. The molecule has 2 aliphatic heterocycles. The van der Waals surface area contributed by atoms with E-state index in [4.69, 9.17) is 14.8 Å². The first-order valence-corrected chi connectivity index (χ1v) is 16.2. The van der Waals surface area contributed by atoms with Crippen molar-refractivity contribution in [3.8, 4) is 11.3 Å². The normalized spacial score (nSPS) is 20.0. The second-order valence-corrected chi connectivity index (χ2v) is 13.3. The SMILES string of the molecule is CCOC(=O)C(C)(C)[C@@H]1CCN(c2ccc(-c3cc4nc(C(=O)N5CCc6ccccc6[C@H]5C)cc(C5CC5)n4n3)c(F)c2)C1. The van der Waals surface area contributed by atoms with Crippen molar-refractivity contribution in [3.63, 3.8) is 0 Å². The number of rotatable bonds is 7. The molecule has 2 aromatic heterocycles. The van der Waals surface area contributed by atoms with Gasteiger partial charge in [-0.05, 0) is 94.7 Å². The van der Waals surface area contributed by atoms with Gasteiger partial charge in [-0.1, -0.05) is 24.3 Å². The molecule has 9 heteroatoms. The molecule has 0 radical (unpaired) electrons. The second kappa shape index (κ2) is 11.3. The van der Waals surface area contributed by atoms with E-state index in [1.165, 1.54) is 11.1 Å². The Hall–Kier alpha value is -4.27. The van der Waals surface area contributed by atoms with Gasteiger partial charge in [0.2, 0.25) is 0 Å². The van der Waals surface area contributed by atoms with Gasteiger partial charge in [-0.3, -0.25) is 9.59 Å². The molecule has 2 atom stereocenters. The Labute approximate surface area is 263 Å². The number of anilines is 1. The lowest BCUT2D eigenvalue weighted by Crippen LogP contribution is -2.39. The van der Waals surface area contributed by atoms with Gasteiger partial charge < -0.3 is 14.5 Å². The van der Waals surface area contributed by atoms with Gasteiger partial charge in [0.1, 0.15) is 11.5 Å². The van der Waals surface area contributed by atoms with E-state index in [-0.39, 0.29) is 29.7 Å². The zero-order valence-corrected chi connectivity index (χ0v) is 26.4. The van der Waals surface area contributed by atoms with Gasteiger partial charge in [0.15, 0.2) is 5.65 Å². The van der Waals surface area contributed by atoms with Gasteiger partial charge in [0.25, 0.3) is 5.91 Å². The Balaban J connectivity index is 1.15. The predicted molar refractivity (Wildman–Crippen MR) is 171 cm³/mol. The van der Waals surface area contributed by atoms with Gasteiger partial charge in [0.05, 0.1) is 23.8 Å². The molecule has 1 aliphatic carbocycles. The van der Waals surface area contributed by atoms with Crippen molar-refractivity contribution in [1.29, 1.82) is 0 Å². The van der Waals surface area contributed by atoms with Crippen LogP contribution in [-0.4, -0.2) is 57.6 Å². The van der Waals surface area contributed by atoms with Crippen LogP contribution in [0.5, 0.6) is 0 Å². The minimum atomic E-state index is -0.608. The Bertz CT molecular complexity index is 1790. The Kier molecular flexibility index (Phi) is 7.37. The third kappa shape index (κ3) is 5.26. The third-order valence-electron chi connectivity index (χ3n) is 10.1. The molecule has 4 heterocycles. The van der Waals surface area contributed by atoms with Gasteiger partial charge in [-0.15, -0.1) is 0 Å². The van der Waals surface area contributed by atoms with Crippen molar-refractivity contribution < 1.29 is 18.7 Å². The fourth-order valence-electron chi connectivity index (χ4n) is 7.08. The molecular weight excluding hydrogens is 569 g/mol. The quantitative estimate of drug-likeness (QED) is 0.220. The predicted octanol–water partition coefficient (Wildman–Crippen LogP) is 6.59. The Morgan fingerprint density at radius 1 is 1.04 bits per heavy atom. The number of hydrogen-bond acceptors (Lipinski definition) is 6. The Morgan fingerprint density at radius 3 is 2.60 bits per heavy atom. The summed E-state index contributed by atoms with van der Waals surface area (Å²) in [6.45, 7) is 10.2. The number of hydrogen-bond donors (Lipinski definition) is 0. The number of esters is 1. The lowest BCUT2D eigenvalue weighted by Gasteiger charge is -2.35. The number of fused-ring (bicyclic) bond motifs is 2. The number of amides is 1. The van der Waals surface area contributed by atoms with E-state index in [0.29, 0.717) is 48.2 Å². The monoisotopic (exact) mass is 609 g/mol. The molecule has 4 aromatic rings. The van der Waals surface area contributed by atoms with E-state index in [9.17, 15) is 9.59 Å². The smallest absolute Gasteiger partial charge is 0.311 e. The summed E-state index contributed by atoms with van der Waals surface area (Å²) >= 11 is 0. The zero-order chi connectivity index (χ0) is 31.5. The van der Waals surface area contributed by atoms with Crippen molar-refractivity contribution in [2.75, 3.05) is 31.1 Å². The van der Waals surface area contributed by atoms with E-state index in [0.717, 1.165) is 43.6 Å². The highest BCUT2D eigenvalue weighted by atomic mass is 19.1. The van der Waals surface area contributed by atoms with Crippen LogP contribution in [0.3, 0.4) is 0 Å². The van der Waals surface area contributed by atoms with Crippen LogP contribution in [0.2, 0.25) is 0 Å². The molecule has 2 fully saturated rings. The van der Waals surface area contributed by atoms with Gasteiger partial charge in [-0.2, -0.15) is 5.10 Å². The molecule has 234 valence electrons. The maximum atomic E-state index is 15.7. The fourth-order valence-corrected chi connectivity index (χ4v) is 7.08. The summed E-state index contributed by atoms with van der Waals surface area (Å²) in [5.41, 5.74) is 5.43. The van der Waals surface area contributed by atoms with Crippen LogP contribution in [0, 0.1) is 17.2 Å². The van der Waals surface area contributed by atoms with E-state index < -0.39 is 5.41 Å². The molecule has 0 bridgehead atoms. The maximum absolute atomic E-state index is 15.7. The molecule has 8 nitrogen and oxygen atoms in total. The topological polar surface area (TPSA) is 80.0 Å². The number of aromatic nitrogens is 3. The van der Waals surface area contributed by atoms with Crippen LogP contribution < -0.4 is 4.90 Å². The van der Waals surface area contributed by atoms with Crippen LogP contribution in [0.25, 0.3) is 16.9 Å². The molecule has 45 heavy (non-hydrogen) atoms. The third-order valence-corrected chi connectivity index (χ3v) is 10.1. The average Bonchev–Trinajstić information content (AvgIpc) is 3.58. The highest BCUT2D eigenvalue weighted by Crippen LogP contribution is 2.42. The molecule has 0 N–H and O–H groups in total. The van der Waals surface area contributed by atoms with E-state index in [1.54, 1.807) is 22.7 Å². The number of carbonyl (C=O) groups excluding carboxylic acids is 2. The fraction of sp³-hybridized carbons (Fsp3) is 0.444. The summed E-state index contributed by atoms with van der Waals surface area (Å²) < 4.78 is 22.8. The number of benzene rings is 2. The molecule has 1 saturated carbocycles. The summed E-state index contributed by atoms with van der Waals surface area (Å²) in [5, 5.41) is 4.80. The standard InChI is InChI=1S/C36H40FN5O3/c1-5-45-35(44)36(3,4)25-15-16-40(21-25)26-12-13-28(29(37)18-26)30-20-33-38-31(19-32(24-10-11-24)42(33)39-30)34(43)41-17-14-23-8-6-7-9-27(23)22(41)2/h6-9,12-13,18-20,22,24-25H,5,10-11,14-17,21H2,1-4H3/t22-,25-/m1/s1. The van der Waals surface area contributed by atoms with E-state index >= 15 is 4.39 Å². The molecule has 0 unspecified atom stereocenters. The van der Waals surface area contributed by atoms with Crippen molar-refractivity contribution in [1.82, 2.24) is 19.5 Å². The first kappa shape index (κ1) is 29.4. The number of halogens is 1. The molecule has 2 aromatic carbocycles. The largest absolute Gasteiger partial charge is 0.466 e. The molecule has 1 amide bonds.